The van der Waals surface area contributed by atoms with E-state index in [0.717, 1.165) is 5.56 Å². The number of halogens is 2. The number of fused-ring (bicyclic) bond motifs is 3. The number of nitrogens with one attached hydrogen (secondary N) is 1. The van der Waals surface area contributed by atoms with E-state index in [0.29, 0.717) is 11.3 Å². The highest BCUT2D eigenvalue weighted by Gasteiger charge is 2.57. The number of carbonyl (C=O) groups excluding carboxylic acids is 2. The normalized spacial score (nSPS) is 22.9. The third kappa shape index (κ3) is 2.59. The molecule has 2 amide bonds. The Morgan fingerprint density at radius 3 is 2.73 bits per heavy atom. The Morgan fingerprint density at radius 1 is 1.27 bits per heavy atom. The van der Waals surface area contributed by atoms with E-state index in [9.17, 15) is 14.0 Å². The summed E-state index contributed by atoms with van der Waals surface area (Å²) in [6.07, 6.45) is 0. The lowest BCUT2D eigenvalue weighted by atomic mass is 10.0. The molecule has 2 atom stereocenters. The number of amides is 2. The highest BCUT2D eigenvalue weighted by Crippen LogP contribution is 2.56. The summed E-state index contributed by atoms with van der Waals surface area (Å²) >= 11 is 7.39. The van der Waals surface area contributed by atoms with E-state index in [1.54, 1.807) is 22.7 Å². The largest absolute Gasteiger partial charge is 0.324 e. The lowest BCUT2D eigenvalue weighted by Crippen LogP contribution is -2.50. The molecule has 7 heteroatoms. The predicted octanol–water partition coefficient (Wildman–Crippen LogP) is 4.47. The number of rotatable bonds is 2. The third-order valence-electron chi connectivity index (χ3n) is 4.73. The predicted molar refractivity (Wildman–Crippen MR) is 101 cm³/mol. The van der Waals surface area contributed by atoms with E-state index in [4.69, 9.17) is 11.6 Å². The summed E-state index contributed by atoms with van der Waals surface area (Å²) in [7, 11) is 0. The maximum absolute atomic E-state index is 13.3. The summed E-state index contributed by atoms with van der Waals surface area (Å²) < 4.78 is 12.9. The molecule has 0 aliphatic carbocycles. The van der Waals surface area contributed by atoms with Gasteiger partial charge in [-0.05, 0) is 43.7 Å². The van der Waals surface area contributed by atoms with Crippen LogP contribution < -0.4 is 5.32 Å². The molecule has 0 aromatic heterocycles. The van der Waals surface area contributed by atoms with Gasteiger partial charge in [0, 0.05) is 16.0 Å². The summed E-state index contributed by atoms with van der Waals surface area (Å²) in [6, 6.07) is 10.8. The van der Waals surface area contributed by atoms with Crippen molar-refractivity contribution < 1.29 is 14.0 Å². The molecule has 0 bridgehead atoms. The minimum Gasteiger partial charge on any atom is -0.324 e. The molecule has 0 spiro atoms. The quantitative estimate of drug-likeness (QED) is 0.823. The minimum absolute atomic E-state index is 0.0645. The standard InChI is InChI=1S/C19H16ClFN2O2S/c1-19(2)15(16(24)22-10-7-8-14(21)13(20)9-10)23-17(25)11-5-3-4-6-12(11)18(23)26-19/h3-9,15,18H,1-2H3,(H,22,24)/t15-,18?/m1/s1. The fourth-order valence-electron chi connectivity index (χ4n) is 3.59. The molecule has 26 heavy (non-hydrogen) atoms. The topological polar surface area (TPSA) is 49.4 Å². The van der Waals surface area contributed by atoms with Crippen LogP contribution in [0.1, 0.15) is 35.1 Å². The molecule has 2 aliphatic rings. The molecule has 4 nitrogen and oxygen atoms in total. The number of nitrogens with zero attached hydrogens (tertiary/aromatic N) is 1. The summed E-state index contributed by atoms with van der Waals surface area (Å²) in [5.74, 6) is -0.999. The zero-order valence-electron chi connectivity index (χ0n) is 14.1. The van der Waals surface area contributed by atoms with Crippen LogP contribution in [0.25, 0.3) is 0 Å². The van der Waals surface area contributed by atoms with Crippen LogP contribution in [0.15, 0.2) is 42.5 Å². The van der Waals surface area contributed by atoms with Gasteiger partial charge in [0.2, 0.25) is 5.91 Å². The van der Waals surface area contributed by atoms with Gasteiger partial charge in [-0.15, -0.1) is 11.8 Å². The molecular weight excluding hydrogens is 375 g/mol. The number of hydrogen-bond donors (Lipinski definition) is 1. The van der Waals surface area contributed by atoms with Crippen molar-refractivity contribution in [1.82, 2.24) is 4.90 Å². The van der Waals surface area contributed by atoms with Gasteiger partial charge in [0.1, 0.15) is 17.2 Å². The number of thioether (sulfide) groups is 1. The number of anilines is 1. The lowest BCUT2D eigenvalue weighted by molar-refractivity contribution is -0.121. The molecule has 1 N–H and O–H groups in total. The van der Waals surface area contributed by atoms with E-state index in [-0.39, 0.29) is 22.2 Å². The SMILES string of the molecule is CC1(C)SC2c3ccccc3C(=O)N2[C@@H]1C(=O)Nc1ccc(F)c(Cl)c1. The Kier molecular flexibility index (Phi) is 4.00. The van der Waals surface area contributed by atoms with Crippen molar-refractivity contribution in [3.8, 4) is 0 Å². The maximum atomic E-state index is 13.3. The van der Waals surface area contributed by atoms with Crippen molar-refractivity contribution in [3.05, 3.63) is 64.4 Å². The highest BCUT2D eigenvalue weighted by atomic mass is 35.5. The van der Waals surface area contributed by atoms with Crippen LogP contribution >= 0.6 is 23.4 Å². The van der Waals surface area contributed by atoms with Gasteiger partial charge in [-0.1, -0.05) is 29.8 Å². The van der Waals surface area contributed by atoms with Crippen molar-refractivity contribution in [1.29, 1.82) is 0 Å². The molecule has 1 fully saturated rings. The van der Waals surface area contributed by atoms with Gasteiger partial charge >= 0.3 is 0 Å². The first-order chi connectivity index (χ1) is 12.3. The Labute approximate surface area is 159 Å². The molecule has 2 aromatic carbocycles. The first kappa shape index (κ1) is 17.4. The summed E-state index contributed by atoms with van der Waals surface area (Å²) in [5, 5.41) is 2.53. The maximum Gasteiger partial charge on any atom is 0.256 e. The van der Waals surface area contributed by atoms with Crippen LogP contribution in [0, 0.1) is 5.82 Å². The zero-order valence-corrected chi connectivity index (χ0v) is 15.7. The molecule has 2 heterocycles. The van der Waals surface area contributed by atoms with Gasteiger partial charge in [-0.3, -0.25) is 9.59 Å². The van der Waals surface area contributed by atoms with Crippen LogP contribution in [0.2, 0.25) is 5.02 Å². The van der Waals surface area contributed by atoms with Crippen molar-refractivity contribution >= 4 is 40.9 Å². The smallest absolute Gasteiger partial charge is 0.256 e. The van der Waals surface area contributed by atoms with E-state index in [1.807, 2.05) is 32.0 Å². The first-order valence-corrected chi connectivity index (χ1v) is 9.41. The van der Waals surface area contributed by atoms with E-state index < -0.39 is 16.6 Å². The van der Waals surface area contributed by atoms with Gasteiger partial charge in [0.05, 0.1) is 5.02 Å². The molecule has 134 valence electrons. The molecule has 1 unspecified atom stereocenters. The van der Waals surface area contributed by atoms with Crippen LogP contribution in [-0.4, -0.2) is 27.5 Å². The number of benzene rings is 2. The van der Waals surface area contributed by atoms with E-state index in [1.165, 1.54) is 18.2 Å². The molecule has 4 rings (SSSR count). The summed E-state index contributed by atoms with van der Waals surface area (Å²) in [5.41, 5.74) is 1.98. The molecule has 0 saturated carbocycles. The first-order valence-electron chi connectivity index (χ1n) is 8.15. The molecular formula is C19H16ClFN2O2S. The van der Waals surface area contributed by atoms with Crippen molar-refractivity contribution in [3.63, 3.8) is 0 Å². The second kappa shape index (κ2) is 5.99. The fraction of sp³-hybridized carbons (Fsp3) is 0.263. The second-order valence-corrected chi connectivity index (χ2v) is 9.04. The molecule has 2 aliphatic heterocycles. The Hall–Kier alpha value is -2.05. The summed E-state index contributed by atoms with van der Waals surface area (Å²) in [6.45, 7) is 3.90. The van der Waals surface area contributed by atoms with Gasteiger partial charge < -0.3 is 10.2 Å². The summed E-state index contributed by atoms with van der Waals surface area (Å²) in [4.78, 5) is 27.6. The van der Waals surface area contributed by atoms with Gasteiger partial charge in [0.25, 0.3) is 5.91 Å². The Morgan fingerprint density at radius 2 is 2.00 bits per heavy atom. The van der Waals surface area contributed by atoms with Crippen LogP contribution in [0.3, 0.4) is 0 Å². The van der Waals surface area contributed by atoms with Crippen LogP contribution in [0.5, 0.6) is 0 Å². The number of hydrogen-bond acceptors (Lipinski definition) is 3. The van der Waals surface area contributed by atoms with Gasteiger partial charge in [-0.25, -0.2) is 4.39 Å². The van der Waals surface area contributed by atoms with Crippen molar-refractivity contribution in [2.45, 2.75) is 30.0 Å². The Bertz CT molecular complexity index is 934. The highest BCUT2D eigenvalue weighted by molar-refractivity contribution is 8.01. The minimum atomic E-state index is -0.652. The average Bonchev–Trinajstić information content (AvgIpc) is 3.01. The monoisotopic (exact) mass is 390 g/mol. The third-order valence-corrected chi connectivity index (χ3v) is 6.56. The average molecular weight is 391 g/mol. The van der Waals surface area contributed by atoms with Crippen molar-refractivity contribution in [2.24, 2.45) is 0 Å². The lowest BCUT2D eigenvalue weighted by Gasteiger charge is -2.29. The molecule has 1 saturated heterocycles. The van der Waals surface area contributed by atoms with Crippen LogP contribution in [-0.2, 0) is 4.79 Å². The fourth-order valence-corrected chi connectivity index (χ4v) is 5.36. The Balaban J connectivity index is 1.66. The number of carbonyl (C=O) groups is 2. The zero-order chi connectivity index (χ0) is 18.6. The van der Waals surface area contributed by atoms with E-state index in [2.05, 4.69) is 5.32 Å². The van der Waals surface area contributed by atoms with Gasteiger partial charge in [0.15, 0.2) is 0 Å². The van der Waals surface area contributed by atoms with Crippen molar-refractivity contribution in [2.75, 3.05) is 5.32 Å². The van der Waals surface area contributed by atoms with Gasteiger partial charge in [-0.2, -0.15) is 0 Å². The van der Waals surface area contributed by atoms with E-state index >= 15 is 0 Å². The van der Waals surface area contributed by atoms with Crippen LogP contribution in [0.4, 0.5) is 10.1 Å². The molecule has 2 aromatic rings. The molecule has 0 radical (unpaired) electrons. The second-order valence-electron chi connectivity index (χ2n) is 6.89.